The third-order valence-electron chi connectivity index (χ3n) is 34.7. The monoisotopic (exact) mass is 1540 g/mol. The molecule has 0 aromatic carbocycles. The molecule has 1 amide bonds. The summed E-state index contributed by atoms with van der Waals surface area (Å²) < 4.78 is 46.3. The Bertz CT molecular complexity index is 3350. The lowest BCUT2D eigenvalue weighted by Crippen LogP contribution is -2.49. The van der Waals surface area contributed by atoms with Crippen LogP contribution in [0.3, 0.4) is 0 Å². The van der Waals surface area contributed by atoms with Crippen molar-refractivity contribution in [1.82, 2.24) is 4.72 Å². The molecule has 0 aromatic heterocycles. The van der Waals surface area contributed by atoms with Gasteiger partial charge in [0, 0.05) is 13.2 Å². The van der Waals surface area contributed by atoms with Crippen LogP contribution in [0.25, 0.3) is 0 Å². The van der Waals surface area contributed by atoms with Crippen LogP contribution in [0.15, 0.2) is 0 Å². The van der Waals surface area contributed by atoms with Crippen molar-refractivity contribution in [3.8, 4) is 0 Å². The molecule has 0 radical (unpaired) electrons. The van der Waals surface area contributed by atoms with Gasteiger partial charge in [0.15, 0.2) is 31.6 Å². The molecule has 17 aliphatic carbocycles. The first-order chi connectivity index (χ1) is 51.7. The zero-order valence-electron chi connectivity index (χ0n) is 68.1. The van der Waals surface area contributed by atoms with E-state index in [1.54, 1.807) is 13.8 Å². The van der Waals surface area contributed by atoms with Gasteiger partial charge in [-0.15, -0.1) is 4.33 Å². The Kier molecular flexibility index (Phi) is 23.8. The van der Waals surface area contributed by atoms with Crippen LogP contribution in [0, 0.1) is 243 Å². The standard InChI is InChI=1S/C26H41NO5S.C22H34O5.C20H30O5.C19H28O5/c1-13-14(2)17-11-16(13)20-18-12-19(21(17)20)23(25(29)30-26(3,4)5)22(18)24(28)27-33-32-31-15-9-7-6-8-10-15;1-9(2)8-26-12(5)27-22(25)20-16-7-15(19(20)21(23)24)17-13-6-14(18(16)17)11(4)10(13)3;1-5-24-10(4)25-20(23)18-14-7-13(17(18)19(21)22)15-11-6-12(16(14)15)9(3)8(11)2;1-4-23-7-24-19(22)17-13-6-12(16(17)18(20)21)14-10-5-11(15(13)14)9(3)8(10)2/h13-23H,6-12H2,1-5H3,(H,27,28);9-20H,6-8H2,1-5H3,(H,23,24);8-18H,5-7H2,1-4H3,(H,21,22);8-17H,4-7H2,1-3H3,(H,20,21). The van der Waals surface area contributed by atoms with Crippen molar-refractivity contribution in [2.45, 2.75) is 225 Å². The van der Waals surface area contributed by atoms with E-state index in [-0.39, 0.29) is 102 Å². The first-order valence-corrected chi connectivity index (χ1v) is 44.1. The quantitative estimate of drug-likeness (QED) is 0.00901. The molecule has 22 heteroatoms. The highest BCUT2D eigenvalue weighted by Crippen LogP contribution is 2.77. The van der Waals surface area contributed by atoms with Crippen molar-refractivity contribution in [3.05, 3.63) is 0 Å². The molecule has 17 aliphatic rings. The molecule has 612 valence electrons. The first-order valence-electron chi connectivity index (χ1n) is 43.3. The number of esters is 4. The molecule has 42 atom stereocenters. The maximum atomic E-state index is 13.4. The molecular weight excluding hydrogens is 1410 g/mol. The number of carbonyl (C=O) groups excluding carboxylic acids is 5. The molecule has 16 bridgehead atoms. The van der Waals surface area contributed by atoms with Gasteiger partial charge in [0.2, 0.25) is 5.91 Å². The van der Waals surface area contributed by atoms with Gasteiger partial charge >= 0.3 is 41.8 Å². The van der Waals surface area contributed by atoms with Crippen LogP contribution in [0.5, 0.6) is 0 Å². The van der Waals surface area contributed by atoms with Gasteiger partial charge in [-0.25, -0.2) is 4.89 Å². The predicted molar refractivity (Wildman–Crippen MR) is 402 cm³/mol. The summed E-state index contributed by atoms with van der Waals surface area (Å²) in [6, 6.07) is 0. The van der Waals surface area contributed by atoms with Gasteiger partial charge in [-0.05, 0) is 308 Å². The fourth-order valence-electron chi connectivity index (χ4n) is 30.8. The highest BCUT2D eigenvalue weighted by molar-refractivity contribution is 7.93. The van der Waals surface area contributed by atoms with Crippen molar-refractivity contribution in [1.29, 1.82) is 0 Å². The summed E-state index contributed by atoms with van der Waals surface area (Å²) in [5.41, 5.74) is -0.554. The Morgan fingerprint density at radius 1 is 0.404 bits per heavy atom. The minimum Gasteiger partial charge on any atom is -0.481 e. The summed E-state index contributed by atoms with van der Waals surface area (Å²) in [6.07, 6.45) is 13.1. The molecule has 0 spiro atoms. The second kappa shape index (κ2) is 31.8. The number of carboxylic acid groups (broad SMARTS) is 3. The van der Waals surface area contributed by atoms with Gasteiger partial charge in [0.1, 0.15) is 5.60 Å². The van der Waals surface area contributed by atoms with E-state index in [9.17, 15) is 53.7 Å². The molecule has 42 unspecified atom stereocenters. The Hall–Kier alpha value is -4.09. The zero-order valence-corrected chi connectivity index (χ0v) is 68.9. The fraction of sp³-hybridized carbons (Fsp3) is 0.908. The molecule has 17 fully saturated rings. The van der Waals surface area contributed by atoms with E-state index in [0.29, 0.717) is 168 Å². The lowest BCUT2D eigenvalue weighted by Gasteiger charge is -2.45. The topological polar surface area (TPSA) is 292 Å². The largest absolute Gasteiger partial charge is 0.481 e. The van der Waals surface area contributed by atoms with E-state index >= 15 is 0 Å². The number of nitrogens with one attached hydrogen (secondary N) is 1. The number of ether oxygens (including phenoxy) is 7. The Balaban J connectivity index is 0.000000122. The zero-order chi connectivity index (χ0) is 78.3. The number of carbonyl (C=O) groups is 8. The molecule has 4 N–H and O–H groups in total. The first kappa shape index (κ1) is 81.5. The second-order valence-corrected chi connectivity index (χ2v) is 40.5. The van der Waals surface area contributed by atoms with Crippen LogP contribution in [0.1, 0.15) is 201 Å². The maximum absolute atomic E-state index is 13.4. The molecule has 0 heterocycles. The smallest absolute Gasteiger partial charge is 0.312 e. The number of amides is 1. The molecule has 17 rings (SSSR count). The highest BCUT2D eigenvalue weighted by atomic mass is 32.2. The van der Waals surface area contributed by atoms with E-state index in [2.05, 4.69) is 60.1 Å². The third kappa shape index (κ3) is 14.1. The SMILES string of the molecule is CC(C)COC(C)OC(=O)C1C2CC(C1C(=O)O)C1C3CC(C(C)C3C)C21.CC1C(C)C2CC1C1C3CC(C(C(=O)OC(C)(C)C)C3C(=O)NSOOC3CCCCC3)C21.CCOC(C)OC(=O)C1C2CC(C1C(=O)O)C1C3CC(C(C)C3C)C21.CCOCOC(=O)C1C2CC(C1C(=O)O)C1C3CC(C(C)C3C)C21. The lowest BCUT2D eigenvalue weighted by molar-refractivity contribution is -0.238. The predicted octanol–water partition coefficient (Wildman–Crippen LogP) is 14.7. The van der Waals surface area contributed by atoms with Crippen LogP contribution < -0.4 is 4.72 Å². The van der Waals surface area contributed by atoms with Gasteiger partial charge in [0.05, 0.1) is 60.1 Å². The molecule has 0 aromatic rings. The van der Waals surface area contributed by atoms with E-state index in [0.717, 1.165) is 63.6 Å². The van der Waals surface area contributed by atoms with Gasteiger partial charge in [-0.3, -0.25) is 43.1 Å². The van der Waals surface area contributed by atoms with Crippen LogP contribution in [0.4, 0.5) is 0 Å². The van der Waals surface area contributed by atoms with Gasteiger partial charge in [-0.1, -0.05) is 88.5 Å². The molecular formula is C87H133NO20S. The van der Waals surface area contributed by atoms with E-state index in [4.69, 9.17) is 42.4 Å². The molecule has 21 nitrogen and oxygen atoms in total. The van der Waals surface area contributed by atoms with E-state index in [1.165, 1.54) is 32.1 Å². The summed E-state index contributed by atoms with van der Waals surface area (Å²) in [4.78, 5) is 107. The summed E-state index contributed by atoms with van der Waals surface area (Å²) in [6.45, 7) is 37.2. The number of hydrogen-bond acceptors (Lipinski definition) is 18. The Morgan fingerprint density at radius 3 is 1.04 bits per heavy atom. The average molecular weight is 1550 g/mol. The fourth-order valence-corrected chi connectivity index (χ4v) is 31.2. The second-order valence-electron chi connectivity index (χ2n) is 40.0. The minimum atomic E-state index is -0.819. The lowest BCUT2D eigenvalue weighted by atomic mass is 9.59. The van der Waals surface area contributed by atoms with Crippen molar-refractivity contribution in [2.75, 3.05) is 26.6 Å². The molecule has 0 saturated heterocycles. The van der Waals surface area contributed by atoms with Crippen LogP contribution in [-0.2, 0) is 80.7 Å². The highest BCUT2D eigenvalue weighted by Gasteiger charge is 2.76. The minimum absolute atomic E-state index is 0.0663. The maximum Gasteiger partial charge on any atom is 0.312 e. The summed E-state index contributed by atoms with van der Waals surface area (Å²) in [5.74, 6) is 9.35. The van der Waals surface area contributed by atoms with E-state index < -0.39 is 71.6 Å². The summed E-state index contributed by atoms with van der Waals surface area (Å²) >= 11 is 0.864. The normalized spacial score (nSPS) is 48.1. The van der Waals surface area contributed by atoms with Crippen molar-refractivity contribution < 1.29 is 96.1 Å². The third-order valence-corrected chi connectivity index (χ3v) is 35.1. The summed E-state index contributed by atoms with van der Waals surface area (Å²) in [7, 11) is 0. The van der Waals surface area contributed by atoms with Crippen molar-refractivity contribution >= 4 is 59.9 Å². The Morgan fingerprint density at radius 2 is 0.716 bits per heavy atom. The number of carboxylic acids is 3. The molecule has 17 saturated carbocycles. The number of hydrogen-bond donors (Lipinski definition) is 4. The van der Waals surface area contributed by atoms with Gasteiger partial charge in [0.25, 0.3) is 0 Å². The average Bonchev–Trinajstić information content (AvgIpc) is 1.55. The van der Waals surface area contributed by atoms with Crippen LogP contribution in [0.2, 0.25) is 0 Å². The Labute approximate surface area is 652 Å². The molecule has 0 aliphatic heterocycles. The van der Waals surface area contributed by atoms with E-state index in [1.807, 2.05) is 48.5 Å². The number of aliphatic carboxylic acids is 3. The van der Waals surface area contributed by atoms with Gasteiger partial charge < -0.3 is 48.5 Å². The summed E-state index contributed by atoms with van der Waals surface area (Å²) in [5, 5.41) is 29.6. The van der Waals surface area contributed by atoms with Crippen molar-refractivity contribution in [2.24, 2.45) is 243 Å². The van der Waals surface area contributed by atoms with Crippen LogP contribution >= 0.6 is 12.2 Å². The number of fused-ring (bicyclic) bond motifs is 36. The molecule has 109 heavy (non-hydrogen) atoms. The van der Waals surface area contributed by atoms with Crippen molar-refractivity contribution in [3.63, 3.8) is 0 Å². The van der Waals surface area contributed by atoms with Crippen LogP contribution in [-0.4, -0.2) is 114 Å². The van der Waals surface area contributed by atoms with Gasteiger partial charge in [-0.2, -0.15) is 0 Å². The number of rotatable bonds is 22.